The third-order valence-electron chi connectivity index (χ3n) is 3.21. The SMILES string of the molecule is Cc1ccc(C)c(CC(Br)c2ccc(F)c(F)c2)c1. The topological polar surface area (TPSA) is 0 Å². The van der Waals surface area contributed by atoms with Gasteiger partial charge in [0.2, 0.25) is 0 Å². The van der Waals surface area contributed by atoms with E-state index >= 15 is 0 Å². The van der Waals surface area contributed by atoms with Crippen LogP contribution in [0.1, 0.15) is 27.1 Å². The van der Waals surface area contributed by atoms with E-state index in [1.165, 1.54) is 28.8 Å². The van der Waals surface area contributed by atoms with Crippen molar-refractivity contribution in [1.29, 1.82) is 0 Å². The summed E-state index contributed by atoms with van der Waals surface area (Å²) in [7, 11) is 0. The minimum Gasteiger partial charge on any atom is -0.204 e. The van der Waals surface area contributed by atoms with Crippen molar-refractivity contribution in [3.8, 4) is 0 Å². The molecule has 0 saturated heterocycles. The van der Waals surface area contributed by atoms with Gasteiger partial charge in [0, 0.05) is 4.83 Å². The van der Waals surface area contributed by atoms with Crippen LogP contribution in [0.4, 0.5) is 8.78 Å². The molecule has 0 fully saturated rings. The first kappa shape index (κ1) is 14.2. The van der Waals surface area contributed by atoms with Gasteiger partial charge in [0.05, 0.1) is 0 Å². The van der Waals surface area contributed by atoms with E-state index in [9.17, 15) is 8.78 Å². The number of alkyl halides is 1. The number of rotatable bonds is 3. The fourth-order valence-corrected chi connectivity index (χ4v) is 2.67. The first-order valence-corrected chi connectivity index (χ1v) is 7.04. The number of aryl methyl sites for hydroxylation is 2. The summed E-state index contributed by atoms with van der Waals surface area (Å²) in [5, 5.41) is 0. The highest BCUT2D eigenvalue weighted by atomic mass is 79.9. The lowest BCUT2D eigenvalue weighted by Crippen LogP contribution is -1.99. The van der Waals surface area contributed by atoms with Crippen molar-refractivity contribution in [2.45, 2.75) is 25.1 Å². The van der Waals surface area contributed by atoms with Gasteiger partial charge in [-0.25, -0.2) is 8.78 Å². The van der Waals surface area contributed by atoms with Gasteiger partial charge in [0.25, 0.3) is 0 Å². The Labute approximate surface area is 120 Å². The Morgan fingerprint density at radius 3 is 2.42 bits per heavy atom. The van der Waals surface area contributed by atoms with E-state index in [4.69, 9.17) is 0 Å². The van der Waals surface area contributed by atoms with Crippen molar-refractivity contribution >= 4 is 15.9 Å². The van der Waals surface area contributed by atoms with Crippen LogP contribution < -0.4 is 0 Å². The van der Waals surface area contributed by atoms with Gasteiger partial charge in [-0.05, 0) is 49.1 Å². The molecule has 0 saturated carbocycles. The lowest BCUT2D eigenvalue weighted by molar-refractivity contribution is 0.507. The van der Waals surface area contributed by atoms with Gasteiger partial charge in [-0.3, -0.25) is 0 Å². The highest BCUT2D eigenvalue weighted by Crippen LogP contribution is 2.29. The van der Waals surface area contributed by atoms with Crippen LogP contribution in [0.15, 0.2) is 36.4 Å². The van der Waals surface area contributed by atoms with Crippen LogP contribution in [0.5, 0.6) is 0 Å². The fraction of sp³-hybridized carbons (Fsp3) is 0.250. The van der Waals surface area contributed by atoms with E-state index in [0.717, 1.165) is 12.0 Å². The summed E-state index contributed by atoms with van der Waals surface area (Å²) in [5.41, 5.74) is 4.37. The molecular formula is C16H15BrF2. The van der Waals surface area contributed by atoms with Crippen molar-refractivity contribution in [3.63, 3.8) is 0 Å². The lowest BCUT2D eigenvalue weighted by Gasteiger charge is -2.13. The van der Waals surface area contributed by atoms with Gasteiger partial charge in [-0.1, -0.05) is 45.8 Å². The molecule has 0 radical (unpaired) electrons. The highest BCUT2D eigenvalue weighted by molar-refractivity contribution is 9.09. The summed E-state index contributed by atoms with van der Waals surface area (Å²) < 4.78 is 26.1. The molecule has 0 aromatic heterocycles. The Kier molecular flexibility index (Phi) is 4.35. The minimum absolute atomic E-state index is 0.0249. The molecule has 0 heterocycles. The molecule has 0 aliphatic rings. The standard InChI is InChI=1S/C16H15BrF2/c1-10-3-4-11(2)13(7-10)8-14(17)12-5-6-15(18)16(19)9-12/h3-7,9,14H,8H2,1-2H3. The van der Waals surface area contributed by atoms with Crippen molar-refractivity contribution in [3.05, 3.63) is 70.3 Å². The maximum absolute atomic E-state index is 13.2. The zero-order valence-electron chi connectivity index (χ0n) is 10.9. The molecule has 2 rings (SSSR count). The van der Waals surface area contributed by atoms with Gasteiger partial charge in [-0.15, -0.1) is 0 Å². The Morgan fingerprint density at radius 1 is 1.00 bits per heavy atom. The first-order chi connectivity index (χ1) is 8.97. The van der Waals surface area contributed by atoms with Crippen LogP contribution in [0.2, 0.25) is 0 Å². The molecule has 1 unspecified atom stereocenters. The highest BCUT2D eigenvalue weighted by Gasteiger charge is 2.12. The van der Waals surface area contributed by atoms with Crippen LogP contribution in [0.3, 0.4) is 0 Å². The first-order valence-electron chi connectivity index (χ1n) is 6.12. The van der Waals surface area contributed by atoms with Crippen LogP contribution in [0.25, 0.3) is 0 Å². The molecule has 2 aromatic carbocycles. The largest absolute Gasteiger partial charge is 0.204 e. The second-order valence-electron chi connectivity index (χ2n) is 4.78. The smallest absolute Gasteiger partial charge is 0.159 e. The normalized spacial score (nSPS) is 12.5. The quantitative estimate of drug-likeness (QED) is 0.675. The maximum Gasteiger partial charge on any atom is 0.159 e. The summed E-state index contributed by atoms with van der Waals surface area (Å²) in [4.78, 5) is -0.0249. The zero-order valence-corrected chi connectivity index (χ0v) is 12.5. The van der Waals surface area contributed by atoms with E-state index in [1.54, 1.807) is 6.07 Å². The molecule has 0 aliphatic heterocycles. The van der Waals surface area contributed by atoms with Gasteiger partial charge in [-0.2, -0.15) is 0 Å². The minimum atomic E-state index is -0.810. The maximum atomic E-state index is 13.2. The van der Waals surface area contributed by atoms with Crippen molar-refractivity contribution in [2.24, 2.45) is 0 Å². The third kappa shape index (κ3) is 3.41. The monoisotopic (exact) mass is 324 g/mol. The molecule has 0 aliphatic carbocycles. The fourth-order valence-electron chi connectivity index (χ4n) is 2.04. The summed E-state index contributed by atoms with van der Waals surface area (Å²) >= 11 is 3.55. The summed E-state index contributed by atoms with van der Waals surface area (Å²) in [6.45, 7) is 4.10. The second-order valence-corrected chi connectivity index (χ2v) is 5.88. The van der Waals surface area contributed by atoms with E-state index < -0.39 is 11.6 Å². The van der Waals surface area contributed by atoms with Gasteiger partial charge < -0.3 is 0 Å². The Hall–Kier alpha value is -1.22. The molecular weight excluding hydrogens is 310 g/mol. The Bertz CT molecular complexity index is 593. The van der Waals surface area contributed by atoms with Crippen LogP contribution in [-0.2, 0) is 6.42 Å². The molecule has 19 heavy (non-hydrogen) atoms. The van der Waals surface area contributed by atoms with E-state index in [0.29, 0.717) is 0 Å². The molecule has 0 bridgehead atoms. The summed E-state index contributed by atoms with van der Waals surface area (Å²) in [5.74, 6) is -1.61. The Balaban J connectivity index is 2.22. The van der Waals surface area contributed by atoms with Crippen molar-refractivity contribution < 1.29 is 8.78 Å². The molecule has 2 aromatic rings. The predicted molar refractivity (Wildman–Crippen MR) is 77.6 cm³/mol. The molecule has 0 N–H and O–H groups in total. The molecule has 3 heteroatoms. The number of hydrogen-bond donors (Lipinski definition) is 0. The van der Waals surface area contributed by atoms with Crippen LogP contribution in [0, 0.1) is 25.5 Å². The van der Waals surface area contributed by atoms with Crippen LogP contribution in [-0.4, -0.2) is 0 Å². The number of halogens is 3. The number of hydrogen-bond acceptors (Lipinski definition) is 0. The van der Waals surface area contributed by atoms with Gasteiger partial charge >= 0.3 is 0 Å². The number of benzene rings is 2. The average Bonchev–Trinajstić information content (AvgIpc) is 2.37. The second kappa shape index (κ2) is 5.83. The molecule has 1 atom stereocenters. The molecule has 0 amide bonds. The predicted octanol–water partition coefficient (Wildman–Crippen LogP) is 5.26. The Morgan fingerprint density at radius 2 is 1.74 bits per heavy atom. The van der Waals surface area contributed by atoms with E-state index in [-0.39, 0.29) is 4.83 Å². The van der Waals surface area contributed by atoms with E-state index in [2.05, 4.69) is 41.1 Å². The van der Waals surface area contributed by atoms with E-state index in [1.807, 2.05) is 6.92 Å². The molecule has 0 spiro atoms. The van der Waals surface area contributed by atoms with Gasteiger partial charge in [0.15, 0.2) is 11.6 Å². The average molecular weight is 325 g/mol. The van der Waals surface area contributed by atoms with Crippen LogP contribution >= 0.6 is 15.9 Å². The zero-order chi connectivity index (χ0) is 14.0. The van der Waals surface area contributed by atoms with Gasteiger partial charge in [0.1, 0.15) is 0 Å². The van der Waals surface area contributed by atoms with Crippen molar-refractivity contribution in [2.75, 3.05) is 0 Å². The van der Waals surface area contributed by atoms with Crippen molar-refractivity contribution in [1.82, 2.24) is 0 Å². The third-order valence-corrected chi connectivity index (χ3v) is 4.06. The molecule has 0 nitrogen and oxygen atoms in total. The summed E-state index contributed by atoms with van der Waals surface area (Å²) in [6.07, 6.45) is 0.749. The molecule has 100 valence electrons. The summed E-state index contributed by atoms with van der Waals surface area (Å²) in [6, 6.07) is 10.3. The lowest BCUT2D eigenvalue weighted by atomic mass is 9.98.